The summed E-state index contributed by atoms with van der Waals surface area (Å²) >= 11 is 1.35. The molecule has 1 aliphatic heterocycles. The van der Waals surface area contributed by atoms with Gasteiger partial charge in [0.05, 0.1) is 24.6 Å². The van der Waals surface area contributed by atoms with Gasteiger partial charge in [0.1, 0.15) is 21.3 Å². The van der Waals surface area contributed by atoms with Gasteiger partial charge in [-0.3, -0.25) is 4.90 Å². The highest BCUT2D eigenvalue weighted by atomic mass is 32.1. The molecular formula is C19H28N4O3S. The van der Waals surface area contributed by atoms with Crippen LogP contribution in [0.15, 0.2) is 0 Å². The zero-order valence-corrected chi connectivity index (χ0v) is 17.1. The lowest BCUT2D eigenvalue weighted by atomic mass is 10.1. The van der Waals surface area contributed by atoms with Crippen LogP contribution in [-0.2, 0) is 11.3 Å². The summed E-state index contributed by atoms with van der Waals surface area (Å²) in [6.07, 6.45) is 3.20. The van der Waals surface area contributed by atoms with E-state index in [9.17, 15) is 9.90 Å². The van der Waals surface area contributed by atoms with E-state index in [0.717, 1.165) is 34.7 Å². The van der Waals surface area contributed by atoms with Gasteiger partial charge in [-0.2, -0.15) is 0 Å². The number of nitrogens with one attached hydrogen (secondary N) is 1. The normalized spacial score (nSPS) is 16.4. The highest BCUT2D eigenvalue weighted by Crippen LogP contribution is 2.34. The number of aliphatic hydroxyl groups is 1. The number of nitrogens with zero attached hydrogens (tertiary/aromatic N) is 3. The molecule has 0 aliphatic carbocycles. The number of aryl methyl sites for hydroxylation is 1. The molecule has 1 aliphatic rings. The lowest BCUT2D eigenvalue weighted by Crippen LogP contribution is -2.30. The molecule has 8 heteroatoms. The van der Waals surface area contributed by atoms with Crippen LogP contribution < -0.4 is 5.32 Å². The smallest absolute Gasteiger partial charge is 0.348 e. The first kappa shape index (κ1) is 20.0. The summed E-state index contributed by atoms with van der Waals surface area (Å²) in [7, 11) is 0. The Morgan fingerprint density at radius 1 is 1.33 bits per heavy atom. The Kier molecular flexibility index (Phi) is 6.62. The predicted octanol–water partition coefficient (Wildman–Crippen LogP) is 2.96. The second kappa shape index (κ2) is 8.95. The number of ether oxygens (including phenoxy) is 1. The number of hydrogen-bond donors (Lipinski definition) is 2. The van der Waals surface area contributed by atoms with Crippen LogP contribution in [0.2, 0.25) is 0 Å². The minimum Gasteiger partial charge on any atom is -0.462 e. The summed E-state index contributed by atoms with van der Waals surface area (Å²) in [6, 6.07) is 0. The molecule has 2 N–H and O–H groups in total. The van der Waals surface area contributed by atoms with Crippen molar-refractivity contribution >= 4 is 33.3 Å². The molecule has 3 heterocycles. The molecule has 0 radical (unpaired) electrons. The fourth-order valence-electron chi connectivity index (χ4n) is 3.33. The Balaban J connectivity index is 1.98. The topological polar surface area (TPSA) is 87.6 Å². The van der Waals surface area contributed by atoms with Crippen LogP contribution in [-0.4, -0.2) is 58.3 Å². The van der Waals surface area contributed by atoms with Crippen LogP contribution in [0.5, 0.6) is 0 Å². The SMILES string of the molecule is CCOC(=O)c1sc2nc(CN3CCCCC3)nc(NCC(C)O)c2c1C. The van der Waals surface area contributed by atoms with Crippen LogP contribution >= 0.6 is 11.3 Å². The Morgan fingerprint density at radius 2 is 2.07 bits per heavy atom. The number of rotatable bonds is 7. The molecule has 2 aromatic heterocycles. The lowest BCUT2D eigenvalue weighted by Gasteiger charge is -2.25. The predicted molar refractivity (Wildman–Crippen MR) is 107 cm³/mol. The van der Waals surface area contributed by atoms with Gasteiger partial charge in [-0.25, -0.2) is 14.8 Å². The number of fused-ring (bicyclic) bond motifs is 1. The maximum Gasteiger partial charge on any atom is 0.348 e. The van der Waals surface area contributed by atoms with Crippen molar-refractivity contribution in [3.05, 3.63) is 16.3 Å². The summed E-state index contributed by atoms with van der Waals surface area (Å²) in [5.41, 5.74) is 0.825. The van der Waals surface area contributed by atoms with Crippen LogP contribution in [0.4, 0.5) is 5.82 Å². The fourth-order valence-corrected chi connectivity index (χ4v) is 4.43. The molecule has 0 bridgehead atoms. The zero-order valence-electron chi connectivity index (χ0n) is 16.2. The Labute approximate surface area is 163 Å². The van der Waals surface area contributed by atoms with Gasteiger partial charge >= 0.3 is 5.97 Å². The summed E-state index contributed by atoms with van der Waals surface area (Å²) in [5, 5.41) is 13.7. The fraction of sp³-hybridized carbons (Fsp3) is 0.632. The van der Waals surface area contributed by atoms with Crippen LogP contribution in [0, 0.1) is 6.92 Å². The van der Waals surface area contributed by atoms with Crippen LogP contribution in [0.1, 0.15) is 54.2 Å². The number of thiophene rings is 1. The van der Waals surface area contributed by atoms with E-state index < -0.39 is 6.10 Å². The van der Waals surface area contributed by atoms with Gasteiger partial charge in [-0.15, -0.1) is 11.3 Å². The van der Waals surface area contributed by atoms with E-state index in [0.29, 0.717) is 30.4 Å². The highest BCUT2D eigenvalue weighted by Gasteiger charge is 2.22. The number of aliphatic hydroxyl groups excluding tert-OH is 1. The average Bonchev–Trinajstić information content (AvgIpc) is 2.97. The van der Waals surface area contributed by atoms with E-state index in [1.54, 1.807) is 13.8 Å². The Morgan fingerprint density at radius 3 is 2.74 bits per heavy atom. The second-order valence-corrected chi connectivity index (χ2v) is 8.01. The zero-order chi connectivity index (χ0) is 19.4. The number of carbonyl (C=O) groups excluding carboxylic acids is 1. The maximum atomic E-state index is 12.3. The lowest BCUT2D eigenvalue weighted by molar-refractivity contribution is 0.0531. The van der Waals surface area contributed by atoms with Crippen LogP contribution in [0.3, 0.4) is 0 Å². The molecule has 3 rings (SSSR count). The van der Waals surface area contributed by atoms with Crippen molar-refractivity contribution in [3.8, 4) is 0 Å². The number of carbonyl (C=O) groups is 1. The van der Waals surface area contributed by atoms with Gasteiger partial charge in [0.25, 0.3) is 0 Å². The quantitative estimate of drug-likeness (QED) is 0.701. The number of piperidine rings is 1. The molecule has 7 nitrogen and oxygen atoms in total. The van der Waals surface area contributed by atoms with Crippen molar-refractivity contribution in [2.45, 2.75) is 52.7 Å². The second-order valence-electron chi connectivity index (χ2n) is 7.01. The van der Waals surface area contributed by atoms with Gasteiger partial charge in [-0.05, 0) is 52.3 Å². The van der Waals surface area contributed by atoms with Gasteiger partial charge in [0.2, 0.25) is 0 Å². The van der Waals surface area contributed by atoms with Crippen molar-refractivity contribution in [3.63, 3.8) is 0 Å². The monoisotopic (exact) mass is 392 g/mol. The summed E-state index contributed by atoms with van der Waals surface area (Å²) in [4.78, 5) is 25.5. The van der Waals surface area contributed by atoms with Crippen molar-refractivity contribution in [2.24, 2.45) is 0 Å². The van der Waals surface area contributed by atoms with E-state index in [4.69, 9.17) is 14.7 Å². The maximum absolute atomic E-state index is 12.3. The van der Waals surface area contributed by atoms with Crippen molar-refractivity contribution < 1.29 is 14.6 Å². The molecule has 1 saturated heterocycles. The van der Waals surface area contributed by atoms with Crippen molar-refractivity contribution in [1.29, 1.82) is 0 Å². The number of hydrogen-bond acceptors (Lipinski definition) is 8. The molecule has 0 saturated carbocycles. The Bertz CT molecular complexity index is 800. The molecule has 1 unspecified atom stereocenters. The molecule has 0 spiro atoms. The first-order chi connectivity index (χ1) is 13.0. The third-order valence-electron chi connectivity index (χ3n) is 4.68. The molecule has 148 valence electrons. The van der Waals surface area contributed by atoms with E-state index in [2.05, 4.69) is 10.2 Å². The number of esters is 1. The molecule has 0 amide bonds. The molecule has 1 atom stereocenters. The van der Waals surface area contributed by atoms with E-state index >= 15 is 0 Å². The summed E-state index contributed by atoms with van der Waals surface area (Å²) < 4.78 is 5.18. The molecule has 2 aromatic rings. The third-order valence-corrected chi connectivity index (χ3v) is 5.84. The third kappa shape index (κ3) is 4.75. The first-order valence-electron chi connectivity index (χ1n) is 9.61. The average molecular weight is 393 g/mol. The van der Waals surface area contributed by atoms with E-state index in [1.165, 1.54) is 30.6 Å². The number of likely N-dealkylation sites (tertiary alicyclic amines) is 1. The van der Waals surface area contributed by atoms with Gasteiger partial charge in [-0.1, -0.05) is 6.42 Å². The minimum atomic E-state index is -0.496. The van der Waals surface area contributed by atoms with E-state index in [-0.39, 0.29) is 5.97 Å². The molecule has 0 aromatic carbocycles. The molecular weight excluding hydrogens is 364 g/mol. The summed E-state index contributed by atoms with van der Waals surface area (Å²) in [5.74, 6) is 1.10. The van der Waals surface area contributed by atoms with Crippen molar-refractivity contribution in [2.75, 3.05) is 31.6 Å². The van der Waals surface area contributed by atoms with Gasteiger partial charge in [0, 0.05) is 6.54 Å². The summed E-state index contributed by atoms with van der Waals surface area (Å²) in [6.45, 7) is 8.98. The highest BCUT2D eigenvalue weighted by molar-refractivity contribution is 7.20. The standard InChI is InChI=1S/C19H28N4O3S/c1-4-26-19(25)16-13(3)15-17(20-10-12(2)24)21-14(22-18(15)27-16)11-23-8-6-5-7-9-23/h12,24H,4-11H2,1-3H3,(H,20,21,22). The van der Waals surface area contributed by atoms with E-state index in [1.807, 2.05) is 6.92 Å². The first-order valence-corrected chi connectivity index (χ1v) is 10.4. The number of anilines is 1. The Hall–Kier alpha value is -1.77. The van der Waals surface area contributed by atoms with Crippen LogP contribution in [0.25, 0.3) is 10.2 Å². The van der Waals surface area contributed by atoms with Gasteiger partial charge in [0.15, 0.2) is 0 Å². The molecule has 1 fully saturated rings. The minimum absolute atomic E-state index is 0.322. The van der Waals surface area contributed by atoms with Crippen molar-refractivity contribution in [1.82, 2.24) is 14.9 Å². The largest absolute Gasteiger partial charge is 0.462 e. The number of aromatic nitrogens is 2. The molecule has 27 heavy (non-hydrogen) atoms. The van der Waals surface area contributed by atoms with Gasteiger partial charge < -0.3 is 15.2 Å².